The summed E-state index contributed by atoms with van der Waals surface area (Å²) in [6.07, 6.45) is 6.41. The van der Waals surface area contributed by atoms with Crippen molar-refractivity contribution in [3.8, 4) is 11.9 Å². The second kappa shape index (κ2) is 8.46. The van der Waals surface area contributed by atoms with Gasteiger partial charge in [-0.2, -0.15) is 5.26 Å². The number of hydrogen-bond donors (Lipinski definition) is 1. The van der Waals surface area contributed by atoms with Gasteiger partial charge in [0.1, 0.15) is 12.2 Å². The third kappa shape index (κ3) is 4.81. The van der Waals surface area contributed by atoms with Crippen molar-refractivity contribution in [2.24, 2.45) is 0 Å². The van der Waals surface area contributed by atoms with Crippen LogP contribution in [0.15, 0.2) is 41.6 Å². The lowest BCUT2D eigenvalue weighted by molar-refractivity contribution is 0.137. The number of ether oxygens (including phenoxy) is 1. The highest BCUT2D eigenvalue weighted by atomic mass is 32.2. The van der Waals surface area contributed by atoms with Crippen LogP contribution in [0.5, 0.6) is 5.88 Å². The minimum atomic E-state index is -3.53. The Labute approximate surface area is 159 Å². The summed E-state index contributed by atoms with van der Waals surface area (Å²) in [4.78, 5) is 8.28. The Bertz CT molecular complexity index is 915. The highest BCUT2D eigenvalue weighted by Crippen LogP contribution is 2.25. The molecule has 2 aromatic rings. The van der Waals surface area contributed by atoms with Gasteiger partial charge in [-0.1, -0.05) is 19.1 Å². The fraction of sp³-hybridized carbons (Fsp3) is 0.421. The van der Waals surface area contributed by atoms with Crippen molar-refractivity contribution >= 4 is 10.0 Å². The summed E-state index contributed by atoms with van der Waals surface area (Å²) in [5.74, 6) is 0.236. The Kier molecular flexibility index (Phi) is 6.04. The topological polar surface area (TPSA) is 105 Å². The summed E-state index contributed by atoms with van der Waals surface area (Å²) in [6, 6.07) is 8.81. The highest BCUT2D eigenvalue weighted by Gasteiger charge is 2.27. The van der Waals surface area contributed by atoms with Crippen LogP contribution in [0.3, 0.4) is 0 Å². The third-order valence-corrected chi connectivity index (χ3v) is 6.22. The average molecular weight is 386 g/mol. The van der Waals surface area contributed by atoms with E-state index >= 15 is 0 Å². The standard InChI is InChI=1S/C19H22N4O3S/c1-2-14-3-9-17(10-4-14)27(24,25)23-15-5-7-16(8-6-15)26-19-18(13-20)21-11-12-22-19/h3-4,9-12,15-16,23H,2,5-8H2,1H3. The van der Waals surface area contributed by atoms with E-state index in [4.69, 9.17) is 10.00 Å². The number of nitrogens with one attached hydrogen (secondary N) is 1. The monoisotopic (exact) mass is 386 g/mol. The molecule has 1 saturated carbocycles. The first-order valence-corrected chi connectivity index (χ1v) is 10.5. The molecule has 7 nitrogen and oxygen atoms in total. The Hall–Kier alpha value is -2.50. The summed E-state index contributed by atoms with van der Waals surface area (Å²) in [6.45, 7) is 2.03. The molecule has 1 heterocycles. The van der Waals surface area contributed by atoms with Gasteiger partial charge < -0.3 is 4.74 Å². The first-order chi connectivity index (χ1) is 13.0. The molecule has 0 unspecified atom stereocenters. The van der Waals surface area contributed by atoms with Crippen molar-refractivity contribution in [3.63, 3.8) is 0 Å². The van der Waals surface area contributed by atoms with E-state index in [0.29, 0.717) is 25.7 Å². The maximum absolute atomic E-state index is 12.6. The molecule has 0 saturated heterocycles. The van der Waals surface area contributed by atoms with E-state index in [0.717, 1.165) is 12.0 Å². The molecule has 0 radical (unpaired) electrons. The number of rotatable bonds is 6. The molecule has 1 aromatic heterocycles. The van der Waals surface area contributed by atoms with Crippen LogP contribution < -0.4 is 9.46 Å². The van der Waals surface area contributed by atoms with E-state index in [9.17, 15) is 8.42 Å². The average Bonchev–Trinajstić information content (AvgIpc) is 2.70. The normalized spacial score (nSPS) is 20.0. The van der Waals surface area contributed by atoms with Gasteiger partial charge in [0.15, 0.2) is 0 Å². The van der Waals surface area contributed by atoms with E-state index < -0.39 is 10.0 Å². The summed E-state index contributed by atoms with van der Waals surface area (Å²) in [7, 11) is -3.53. The fourth-order valence-corrected chi connectivity index (χ4v) is 4.44. The van der Waals surface area contributed by atoms with Gasteiger partial charge in [0.25, 0.3) is 5.88 Å². The second-order valence-electron chi connectivity index (χ2n) is 6.53. The van der Waals surface area contributed by atoms with E-state index in [1.54, 1.807) is 12.1 Å². The zero-order valence-corrected chi connectivity index (χ0v) is 15.9. The Morgan fingerprint density at radius 2 is 1.81 bits per heavy atom. The van der Waals surface area contributed by atoms with Crippen LogP contribution in [0.25, 0.3) is 0 Å². The summed E-state index contributed by atoms with van der Waals surface area (Å²) in [5.41, 5.74) is 1.27. The van der Waals surface area contributed by atoms with Crippen molar-refractivity contribution < 1.29 is 13.2 Å². The number of aryl methyl sites for hydroxylation is 1. The molecule has 1 N–H and O–H groups in total. The van der Waals surface area contributed by atoms with Crippen LogP contribution in [-0.2, 0) is 16.4 Å². The first-order valence-electron chi connectivity index (χ1n) is 9.01. The van der Waals surface area contributed by atoms with Crippen molar-refractivity contribution in [1.29, 1.82) is 5.26 Å². The van der Waals surface area contributed by atoms with Gasteiger partial charge in [-0.25, -0.2) is 23.1 Å². The largest absolute Gasteiger partial charge is 0.472 e. The number of nitrogens with zero attached hydrogens (tertiary/aromatic N) is 3. The minimum Gasteiger partial charge on any atom is -0.472 e. The summed E-state index contributed by atoms with van der Waals surface area (Å²) in [5, 5.41) is 9.05. The molecule has 1 fully saturated rings. The zero-order valence-electron chi connectivity index (χ0n) is 15.1. The van der Waals surface area contributed by atoms with Crippen molar-refractivity contribution in [2.75, 3.05) is 0 Å². The van der Waals surface area contributed by atoms with Crippen molar-refractivity contribution in [1.82, 2.24) is 14.7 Å². The van der Waals surface area contributed by atoms with Crippen molar-refractivity contribution in [3.05, 3.63) is 47.9 Å². The van der Waals surface area contributed by atoms with Crippen LogP contribution >= 0.6 is 0 Å². The highest BCUT2D eigenvalue weighted by molar-refractivity contribution is 7.89. The van der Waals surface area contributed by atoms with Crippen LogP contribution in [-0.4, -0.2) is 30.5 Å². The lowest BCUT2D eigenvalue weighted by Crippen LogP contribution is -2.39. The molecule has 3 rings (SSSR count). The predicted molar refractivity (Wildman–Crippen MR) is 99.6 cm³/mol. The second-order valence-corrected chi connectivity index (χ2v) is 8.25. The van der Waals surface area contributed by atoms with Crippen LogP contribution in [0.1, 0.15) is 43.9 Å². The maximum atomic E-state index is 12.6. The fourth-order valence-electron chi connectivity index (χ4n) is 3.14. The number of nitriles is 1. The zero-order chi connectivity index (χ0) is 19.3. The number of sulfonamides is 1. The van der Waals surface area contributed by atoms with Gasteiger partial charge >= 0.3 is 0 Å². The number of aromatic nitrogens is 2. The van der Waals surface area contributed by atoms with Gasteiger partial charge in [-0.3, -0.25) is 0 Å². The Morgan fingerprint density at radius 1 is 1.15 bits per heavy atom. The van der Waals surface area contributed by atoms with E-state index in [2.05, 4.69) is 14.7 Å². The minimum absolute atomic E-state index is 0.0987. The van der Waals surface area contributed by atoms with Crippen LogP contribution in [0.2, 0.25) is 0 Å². The third-order valence-electron chi connectivity index (χ3n) is 4.69. The number of hydrogen-bond acceptors (Lipinski definition) is 6. The SMILES string of the molecule is CCc1ccc(S(=O)(=O)NC2CCC(Oc3nccnc3C#N)CC2)cc1. The van der Waals surface area contributed by atoms with E-state index in [1.165, 1.54) is 12.4 Å². The first kappa shape index (κ1) is 19.3. The van der Waals surface area contributed by atoms with Gasteiger partial charge in [0, 0.05) is 18.4 Å². The molecule has 0 amide bonds. The molecule has 8 heteroatoms. The molecule has 27 heavy (non-hydrogen) atoms. The van der Waals surface area contributed by atoms with Crippen LogP contribution in [0.4, 0.5) is 0 Å². The quantitative estimate of drug-likeness (QED) is 0.818. The van der Waals surface area contributed by atoms with Gasteiger partial charge in [-0.15, -0.1) is 0 Å². The summed E-state index contributed by atoms with van der Waals surface area (Å²) < 4.78 is 33.7. The molecular formula is C19H22N4O3S. The maximum Gasteiger partial charge on any atom is 0.251 e. The van der Waals surface area contributed by atoms with Gasteiger partial charge in [-0.05, 0) is 49.8 Å². The molecular weight excluding hydrogens is 364 g/mol. The lowest BCUT2D eigenvalue weighted by Gasteiger charge is -2.29. The molecule has 142 valence electrons. The smallest absolute Gasteiger partial charge is 0.251 e. The van der Waals surface area contributed by atoms with Gasteiger partial charge in [0.2, 0.25) is 15.7 Å². The Morgan fingerprint density at radius 3 is 2.44 bits per heavy atom. The molecule has 0 bridgehead atoms. The van der Waals surface area contributed by atoms with Crippen LogP contribution in [0, 0.1) is 11.3 Å². The molecule has 1 aliphatic rings. The molecule has 1 aromatic carbocycles. The predicted octanol–water partition coefficient (Wildman–Crippen LogP) is 2.58. The molecule has 0 aliphatic heterocycles. The Balaban J connectivity index is 1.56. The van der Waals surface area contributed by atoms with E-state index in [1.807, 2.05) is 25.1 Å². The van der Waals surface area contributed by atoms with E-state index in [-0.39, 0.29) is 28.6 Å². The van der Waals surface area contributed by atoms with Crippen molar-refractivity contribution in [2.45, 2.75) is 56.1 Å². The molecule has 0 spiro atoms. The molecule has 1 aliphatic carbocycles. The lowest BCUT2D eigenvalue weighted by atomic mass is 9.94. The molecule has 0 atom stereocenters. The van der Waals surface area contributed by atoms with Gasteiger partial charge in [0.05, 0.1) is 4.90 Å². The summed E-state index contributed by atoms with van der Waals surface area (Å²) >= 11 is 0. The number of benzene rings is 1.